The summed E-state index contributed by atoms with van der Waals surface area (Å²) in [6.45, 7) is 2.10. The molecule has 0 radical (unpaired) electrons. The predicted molar refractivity (Wildman–Crippen MR) is 111 cm³/mol. The molecule has 3 rings (SSSR count). The Morgan fingerprint density at radius 2 is 2.03 bits per heavy atom. The number of non-ortho nitro benzene ring substituents is 1. The molecule has 0 saturated carbocycles. The van der Waals surface area contributed by atoms with Crippen LogP contribution in [0.3, 0.4) is 0 Å². The Kier molecular flexibility index (Phi) is 6.22. The van der Waals surface area contributed by atoms with Crippen LogP contribution in [0.2, 0.25) is 0 Å². The molecule has 0 amide bonds. The average molecular weight is 407 g/mol. The highest BCUT2D eigenvalue weighted by Gasteiger charge is 2.10. The van der Waals surface area contributed by atoms with Crippen molar-refractivity contribution in [1.29, 1.82) is 5.26 Å². The van der Waals surface area contributed by atoms with E-state index in [1.54, 1.807) is 37.5 Å². The fourth-order valence-electron chi connectivity index (χ4n) is 2.56. The number of benzene rings is 2. The molecule has 0 aliphatic rings. The number of methoxy groups -OCH3 is 1. The average Bonchev–Trinajstić information content (AvgIpc) is 3.16. The second kappa shape index (κ2) is 8.99. The number of nitro benzene ring substituents is 1. The molecule has 0 unspecified atom stereocenters. The molecule has 29 heavy (non-hydrogen) atoms. The van der Waals surface area contributed by atoms with Gasteiger partial charge in [-0.25, -0.2) is 4.98 Å². The Bertz CT molecular complexity index is 1100. The minimum Gasteiger partial charge on any atom is -0.493 e. The number of hydrogen-bond acceptors (Lipinski definition) is 7. The van der Waals surface area contributed by atoms with E-state index in [1.807, 2.05) is 18.4 Å². The van der Waals surface area contributed by atoms with Crippen molar-refractivity contribution in [2.75, 3.05) is 7.11 Å². The van der Waals surface area contributed by atoms with Crippen LogP contribution >= 0.6 is 11.3 Å². The molecule has 0 saturated heterocycles. The highest BCUT2D eigenvalue weighted by molar-refractivity contribution is 7.11. The van der Waals surface area contributed by atoms with Crippen LogP contribution < -0.4 is 9.47 Å². The van der Waals surface area contributed by atoms with Gasteiger partial charge >= 0.3 is 0 Å². The number of hydrogen-bond donors (Lipinski definition) is 0. The molecule has 0 aliphatic carbocycles. The summed E-state index contributed by atoms with van der Waals surface area (Å²) >= 11 is 1.42. The molecular formula is C21H17N3O4S. The SMILES string of the molecule is COc1ccc(/C=C(\C#N)c2nc(C)cs2)cc1OCc1ccc([N+](=O)[O-])cc1. The van der Waals surface area contributed by atoms with E-state index in [0.717, 1.165) is 16.8 Å². The number of aryl methyl sites for hydroxylation is 1. The zero-order valence-corrected chi connectivity index (χ0v) is 16.6. The summed E-state index contributed by atoms with van der Waals surface area (Å²) in [6, 6.07) is 13.7. The second-order valence-corrected chi connectivity index (χ2v) is 6.94. The van der Waals surface area contributed by atoms with Crippen LogP contribution in [0.15, 0.2) is 47.8 Å². The number of nitro groups is 1. The molecule has 0 bridgehead atoms. The lowest BCUT2D eigenvalue weighted by atomic mass is 10.1. The number of ether oxygens (including phenoxy) is 2. The van der Waals surface area contributed by atoms with Crippen molar-refractivity contribution in [1.82, 2.24) is 4.98 Å². The van der Waals surface area contributed by atoms with Crippen molar-refractivity contribution in [3.05, 3.63) is 79.8 Å². The lowest BCUT2D eigenvalue weighted by molar-refractivity contribution is -0.384. The van der Waals surface area contributed by atoms with Gasteiger partial charge < -0.3 is 9.47 Å². The molecule has 8 heteroatoms. The van der Waals surface area contributed by atoms with Gasteiger partial charge in [0.1, 0.15) is 17.7 Å². The van der Waals surface area contributed by atoms with Crippen LogP contribution in [0.25, 0.3) is 11.6 Å². The Morgan fingerprint density at radius 1 is 1.28 bits per heavy atom. The van der Waals surface area contributed by atoms with Gasteiger partial charge in [-0.05, 0) is 48.4 Å². The van der Waals surface area contributed by atoms with Gasteiger partial charge in [0.05, 0.1) is 17.6 Å². The van der Waals surface area contributed by atoms with Gasteiger partial charge in [-0.2, -0.15) is 5.26 Å². The molecule has 0 aliphatic heterocycles. The maximum atomic E-state index is 10.8. The van der Waals surface area contributed by atoms with Gasteiger partial charge in [-0.1, -0.05) is 6.07 Å². The van der Waals surface area contributed by atoms with Crippen molar-refractivity contribution < 1.29 is 14.4 Å². The van der Waals surface area contributed by atoms with Crippen LogP contribution in [0, 0.1) is 28.4 Å². The Hall–Kier alpha value is -3.70. The Balaban J connectivity index is 1.82. The molecule has 146 valence electrons. The molecule has 0 atom stereocenters. The van der Waals surface area contributed by atoms with Gasteiger partial charge in [0, 0.05) is 23.2 Å². The number of aromatic nitrogens is 1. The van der Waals surface area contributed by atoms with Gasteiger partial charge in [0.2, 0.25) is 0 Å². The third kappa shape index (κ3) is 4.97. The summed E-state index contributed by atoms with van der Waals surface area (Å²) in [6.07, 6.45) is 1.75. The lowest BCUT2D eigenvalue weighted by Crippen LogP contribution is -1.98. The monoisotopic (exact) mass is 407 g/mol. The first-order valence-electron chi connectivity index (χ1n) is 8.58. The van der Waals surface area contributed by atoms with E-state index in [4.69, 9.17) is 9.47 Å². The largest absolute Gasteiger partial charge is 0.493 e. The number of rotatable bonds is 7. The normalized spacial score (nSPS) is 11.0. The number of nitriles is 1. The minimum atomic E-state index is -0.444. The van der Waals surface area contributed by atoms with Crippen LogP contribution in [-0.2, 0) is 6.61 Å². The van der Waals surface area contributed by atoms with Gasteiger partial charge in [0.15, 0.2) is 11.5 Å². The first-order chi connectivity index (χ1) is 14.0. The predicted octanol–water partition coefficient (Wildman–Crippen LogP) is 5.01. The van der Waals surface area contributed by atoms with E-state index in [9.17, 15) is 15.4 Å². The third-order valence-electron chi connectivity index (χ3n) is 4.01. The second-order valence-electron chi connectivity index (χ2n) is 6.09. The summed E-state index contributed by atoms with van der Waals surface area (Å²) in [5, 5.41) is 22.8. The van der Waals surface area contributed by atoms with Crippen LogP contribution in [0.4, 0.5) is 5.69 Å². The highest BCUT2D eigenvalue weighted by Crippen LogP contribution is 2.31. The Labute approximate surface area is 171 Å². The fraction of sp³-hybridized carbons (Fsp3) is 0.143. The van der Waals surface area contributed by atoms with Crippen LogP contribution in [0.5, 0.6) is 11.5 Å². The Morgan fingerprint density at radius 3 is 2.62 bits per heavy atom. The highest BCUT2D eigenvalue weighted by atomic mass is 32.1. The van der Waals surface area contributed by atoms with Crippen molar-refractivity contribution in [2.24, 2.45) is 0 Å². The van der Waals surface area contributed by atoms with Crippen molar-refractivity contribution in [3.8, 4) is 17.6 Å². The molecule has 0 N–H and O–H groups in total. The molecule has 0 spiro atoms. The molecule has 2 aromatic carbocycles. The quantitative estimate of drug-likeness (QED) is 0.310. The maximum absolute atomic E-state index is 10.8. The molecule has 3 aromatic rings. The number of allylic oxidation sites excluding steroid dienone is 1. The first-order valence-corrected chi connectivity index (χ1v) is 9.46. The molecule has 7 nitrogen and oxygen atoms in total. The first kappa shape index (κ1) is 20.0. The van der Waals surface area contributed by atoms with Crippen molar-refractivity contribution >= 4 is 28.7 Å². The zero-order valence-electron chi connectivity index (χ0n) is 15.8. The maximum Gasteiger partial charge on any atom is 0.269 e. The summed E-state index contributed by atoms with van der Waals surface area (Å²) in [5.74, 6) is 1.06. The molecule has 1 aromatic heterocycles. The summed E-state index contributed by atoms with van der Waals surface area (Å²) < 4.78 is 11.2. The van der Waals surface area contributed by atoms with Crippen molar-refractivity contribution in [2.45, 2.75) is 13.5 Å². The van der Waals surface area contributed by atoms with E-state index in [-0.39, 0.29) is 12.3 Å². The number of nitrogens with zero attached hydrogens (tertiary/aromatic N) is 3. The van der Waals surface area contributed by atoms with Gasteiger partial charge in [0.25, 0.3) is 5.69 Å². The van der Waals surface area contributed by atoms with E-state index >= 15 is 0 Å². The topological polar surface area (TPSA) is 98.3 Å². The lowest BCUT2D eigenvalue weighted by Gasteiger charge is -2.11. The van der Waals surface area contributed by atoms with E-state index < -0.39 is 4.92 Å². The summed E-state index contributed by atoms with van der Waals surface area (Å²) in [5.41, 5.74) is 2.92. The summed E-state index contributed by atoms with van der Waals surface area (Å²) in [7, 11) is 1.54. The minimum absolute atomic E-state index is 0.0277. The van der Waals surface area contributed by atoms with Gasteiger partial charge in [-0.15, -0.1) is 11.3 Å². The molecule has 1 heterocycles. The summed E-state index contributed by atoms with van der Waals surface area (Å²) in [4.78, 5) is 14.7. The smallest absolute Gasteiger partial charge is 0.269 e. The number of thiazole rings is 1. The van der Waals surface area contributed by atoms with E-state index in [0.29, 0.717) is 22.1 Å². The fourth-order valence-corrected chi connectivity index (χ4v) is 3.32. The third-order valence-corrected chi connectivity index (χ3v) is 5.00. The molecular weight excluding hydrogens is 390 g/mol. The van der Waals surface area contributed by atoms with Crippen LogP contribution in [0.1, 0.15) is 21.8 Å². The zero-order chi connectivity index (χ0) is 20.8. The van der Waals surface area contributed by atoms with Gasteiger partial charge in [-0.3, -0.25) is 10.1 Å². The van der Waals surface area contributed by atoms with Crippen LogP contribution in [-0.4, -0.2) is 17.0 Å². The molecule has 0 fully saturated rings. The standard InChI is InChI=1S/C21H17N3O4S/c1-14-13-29-21(23-14)17(11-22)9-16-5-8-19(27-2)20(10-16)28-12-15-3-6-18(7-4-15)24(25)26/h3-10,13H,12H2,1-2H3/b17-9+. The van der Waals surface area contributed by atoms with Crippen molar-refractivity contribution in [3.63, 3.8) is 0 Å². The van der Waals surface area contributed by atoms with E-state index in [1.165, 1.54) is 23.5 Å². The van der Waals surface area contributed by atoms with E-state index in [2.05, 4.69) is 11.1 Å².